The van der Waals surface area contributed by atoms with Crippen LogP contribution in [0.1, 0.15) is 57.9 Å². The Kier molecular flexibility index (Phi) is 7.85. The second kappa shape index (κ2) is 11.1. The molecular formula is C29H36N6O3. The fourth-order valence-electron chi connectivity index (χ4n) is 4.68. The summed E-state index contributed by atoms with van der Waals surface area (Å²) in [4.78, 5) is 48.1. The van der Waals surface area contributed by atoms with Gasteiger partial charge in [-0.25, -0.2) is 4.98 Å². The molecule has 1 aliphatic heterocycles. The molecule has 3 aromatic rings. The van der Waals surface area contributed by atoms with Crippen LogP contribution in [0.5, 0.6) is 0 Å². The second-order valence-corrected chi connectivity index (χ2v) is 10.2. The molecule has 0 bridgehead atoms. The number of nitrogens with zero attached hydrogens (tertiary/aromatic N) is 4. The number of nitrogens with one attached hydrogen (secondary N) is 2. The molecule has 38 heavy (non-hydrogen) atoms. The number of aryl methyl sites for hydroxylation is 1. The number of hydrogen-bond acceptors (Lipinski definition) is 5. The average Bonchev–Trinajstić information content (AvgIpc) is 3.33. The van der Waals surface area contributed by atoms with Crippen molar-refractivity contribution >= 4 is 23.4 Å². The van der Waals surface area contributed by atoms with Crippen molar-refractivity contribution in [1.29, 1.82) is 0 Å². The molecule has 2 N–H and O–H groups in total. The number of rotatable bonds is 9. The Morgan fingerprint density at radius 2 is 1.61 bits per heavy atom. The SMILES string of the molecule is CCCN1C(=O)c2c(C(=O)NCc3ccc(N(C)C)cc3)ncn2C[C@@]1(C)C(=O)NCc1ccc(C)cc1. The number of imidazole rings is 1. The first-order valence-corrected chi connectivity index (χ1v) is 12.9. The average molecular weight is 517 g/mol. The van der Waals surface area contributed by atoms with Gasteiger partial charge in [-0.05, 0) is 43.5 Å². The van der Waals surface area contributed by atoms with Gasteiger partial charge in [-0.2, -0.15) is 0 Å². The van der Waals surface area contributed by atoms with Crippen LogP contribution in [0.3, 0.4) is 0 Å². The monoisotopic (exact) mass is 516 g/mol. The van der Waals surface area contributed by atoms with Crippen LogP contribution in [0.4, 0.5) is 5.69 Å². The van der Waals surface area contributed by atoms with E-state index in [-0.39, 0.29) is 29.7 Å². The zero-order valence-corrected chi connectivity index (χ0v) is 22.7. The van der Waals surface area contributed by atoms with Gasteiger partial charge in [-0.1, -0.05) is 48.9 Å². The molecule has 0 unspecified atom stereocenters. The summed E-state index contributed by atoms with van der Waals surface area (Å²) in [6, 6.07) is 15.8. The highest BCUT2D eigenvalue weighted by molar-refractivity contribution is 6.07. The summed E-state index contributed by atoms with van der Waals surface area (Å²) in [6.45, 7) is 7.01. The first kappa shape index (κ1) is 26.9. The smallest absolute Gasteiger partial charge is 0.273 e. The lowest BCUT2D eigenvalue weighted by Crippen LogP contribution is -2.64. The maximum absolute atomic E-state index is 13.7. The van der Waals surface area contributed by atoms with Crippen molar-refractivity contribution in [1.82, 2.24) is 25.1 Å². The lowest BCUT2D eigenvalue weighted by atomic mass is 9.93. The Morgan fingerprint density at radius 1 is 1.00 bits per heavy atom. The van der Waals surface area contributed by atoms with Crippen LogP contribution >= 0.6 is 0 Å². The van der Waals surface area contributed by atoms with E-state index in [2.05, 4.69) is 15.6 Å². The van der Waals surface area contributed by atoms with Gasteiger partial charge in [0, 0.05) is 39.4 Å². The van der Waals surface area contributed by atoms with Crippen molar-refractivity contribution in [3.05, 3.63) is 82.9 Å². The van der Waals surface area contributed by atoms with Crippen molar-refractivity contribution < 1.29 is 14.4 Å². The van der Waals surface area contributed by atoms with E-state index in [9.17, 15) is 14.4 Å². The van der Waals surface area contributed by atoms with Crippen molar-refractivity contribution in [2.45, 2.75) is 52.4 Å². The maximum Gasteiger partial charge on any atom is 0.273 e. The van der Waals surface area contributed by atoms with Crippen LogP contribution in [0.15, 0.2) is 54.9 Å². The summed E-state index contributed by atoms with van der Waals surface area (Å²) in [5.41, 5.74) is 3.30. The van der Waals surface area contributed by atoms with Crippen LogP contribution in [-0.2, 0) is 24.4 Å². The summed E-state index contributed by atoms with van der Waals surface area (Å²) >= 11 is 0. The molecule has 1 aliphatic rings. The van der Waals surface area contributed by atoms with Crippen molar-refractivity contribution in [3.63, 3.8) is 0 Å². The summed E-state index contributed by atoms with van der Waals surface area (Å²) in [7, 11) is 3.94. The molecule has 0 aliphatic carbocycles. The third kappa shape index (κ3) is 5.41. The molecule has 0 spiro atoms. The van der Waals surface area contributed by atoms with Gasteiger partial charge in [-0.3, -0.25) is 14.4 Å². The fourth-order valence-corrected chi connectivity index (χ4v) is 4.68. The highest BCUT2D eigenvalue weighted by Crippen LogP contribution is 2.29. The molecule has 9 nitrogen and oxygen atoms in total. The largest absolute Gasteiger partial charge is 0.378 e. The number of benzene rings is 2. The third-order valence-corrected chi connectivity index (χ3v) is 6.99. The van der Waals surface area contributed by atoms with E-state index < -0.39 is 11.4 Å². The topological polar surface area (TPSA) is 99.6 Å². The van der Waals surface area contributed by atoms with Crippen molar-refractivity contribution in [2.24, 2.45) is 0 Å². The number of fused-ring (bicyclic) bond motifs is 1. The number of aromatic nitrogens is 2. The predicted molar refractivity (Wildman–Crippen MR) is 147 cm³/mol. The van der Waals surface area contributed by atoms with Crippen LogP contribution in [0.25, 0.3) is 0 Å². The van der Waals surface area contributed by atoms with E-state index >= 15 is 0 Å². The number of hydrogen-bond donors (Lipinski definition) is 2. The molecule has 0 fully saturated rings. The zero-order chi connectivity index (χ0) is 27.4. The van der Waals surface area contributed by atoms with Gasteiger partial charge < -0.3 is 25.0 Å². The molecule has 0 radical (unpaired) electrons. The van der Waals surface area contributed by atoms with Crippen LogP contribution < -0.4 is 15.5 Å². The van der Waals surface area contributed by atoms with Gasteiger partial charge in [0.25, 0.3) is 11.8 Å². The molecule has 1 aromatic heterocycles. The lowest BCUT2D eigenvalue weighted by molar-refractivity contribution is -0.133. The molecular weight excluding hydrogens is 480 g/mol. The minimum absolute atomic E-state index is 0.0723. The van der Waals surface area contributed by atoms with Crippen molar-refractivity contribution in [3.8, 4) is 0 Å². The molecule has 1 atom stereocenters. The predicted octanol–water partition coefficient (Wildman–Crippen LogP) is 3.13. The Labute approximate surface area is 223 Å². The number of anilines is 1. The molecule has 3 amide bonds. The second-order valence-electron chi connectivity index (χ2n) is 10.2. The van der Waals surface area contributed by atoms with Crippen molar-refractivity contribution in [2.75, 3.05) is 25.5 Å². The standard InChI is InChI=1S/C29H36N6O3/c1-6-15-35-27(37)25-24(26(36)30-16-22-11-13-23(14-12-22)33(4)5)32-19-34(25)18-29(35,3)28(38)31-17-21-9-7-20(2)8-10-21/h7-14,19H,6,15-18H2,1-5H3,(H,30,36)(H,31,38)/t29-/m0/s1. The highest BCUT2D eigenvalue weighted by Gasteiger charge is 2.48. The molecule has 200 valence electrons. The van der Waals surface area contributed by atoms with Gasteiger partial charge in [-0.15, -0.1) is 0 Å². The van der Waals surface area contributed by atoms with Gasteiger partial charge in [0.15, 0.2) is 5.69 Å². The quantitative estimate of drug-likeness (QED) is 0.455. The van der Waals surface area contributed by atoms with E-state index in [0.29, 0.717) is 26.1 Å². The van der Waals surface area contributed by atoms with E-state index in [4.69, 9.17) is 0 Å². The number of carbonyl (C=O) groups is 3. The molecule has 2 heterocycles. The summed E-state index contributed by atoms with van der Waals surface area (Å²) < 4.78 is 1.63. The van der Waals surface area contributed by atoms with E-state index in [0.717, 1.165) is 22.4 Å². The summed E-state index contributed by atoms with van der Waals surface area (Å²) in [6.07, 6.45) is 2.15. The molecule has 2 aromatic carbocycles. The maximum atomic E-state index is 13.7. The van der Waals surface area contributed by atoms with Crippen LogP contribution in [0, 0.1) is 6.92 Å². The molecule has 0 saturated carbocycles. The fraction of sp³-hybridized carbons (Fsp3) is 0.379. The molecule has 9 heteroatoms. The molecule has 4 rings (SSSR count). The number of carbonyl (C=O) groups excluding carboxylic acids is 3. The Bertz CT molecular complexity index is 1310. The van der Waals surface area contributed by atoms with Gasteiger partial charge >= 0.3 is 0 Å². The minimum Gasteiger partial charge on any atom is -0.378 e. The molecule has 0 saturated heterocycles. The summed E-state index contributed by atoms with van der Waals surface area (Å²) in [5.74, 6) is -1.04. The first-order chi connectivity index (χ1) is 18.1. The van der Waals surface area contributed by atoms with E-state index in [1.807, 2.05) is 81.4 Å². The zero-order valence-electron chi connectivity index (χ0n) is 22.7. The van der Waals surface area contributed by atoms with E-state index in [1.54, 1.807) is 16.4 Å². The summed E-state index contributed by atoms with van der Waals surface area (Å²) in [5, 5.41) is 5.87. The van der Waals surface area contributed by atoms with Gasteiger partial charge in [0.05, 0.1) is 12.9 Å². The van der Waals surface area contributed by atoms with Gasteiger partial charge in [0.1, 0.15) is 11.2 Å². The van der Waals surface area contributed by atoms with Crippen LogP contribution in [-0.4, -0.2) is 58.4 Å². The Morgan fingerprint density at radius 3 is 2.21 bits per heavy atom. The normalized spacial score (nSPS) is 16.7. The lowest BCUT2D eigenvalue weighted by Gasteiger charge is -2.43. The van der Waals surface area contributed by atoms with E-state index in [1.165, 1.54) is 6.33 Å². The number of amides is 3. The Hall–Kier alpha value is -4.14. The third-order valence-electron chi connectivity index (χ3n) is 6.99. The first-order valence-electron chi connectivity index (χ1n) is 12.9. The van der Waals surface area contributed by atoms with Gasteiger partial charge in [0.2, 0.25) is 5.91 Å². The Balaban J connectivity index is 1.50. The highest BCUT2D eigenvalue weighted by atomic mass is 16.2. The minimum atomic E-state index is -1.12. The van der Waals surface area contributed by atoms with Crippen LogP contribution in [0.2, 0.25) is 0 Å².